The van der Waals surface area contributed by atoms with Gasteiger partial charge in [0.25, 0.3) is 0 Å². The second kappa shape index (κ2) is 5.32. The zero-order valence-corrected chi connectivity index (χ0v) is 11.1. The van der Waals surface area contributed by atoms with Crippen molar-refractivity contribution in [2.75, 3.05) is 0 Å². The van der Waals surface area contributed by atoms with Crippen molar-refractivity contribution in [1.82, 2.24) is 0 Å². The van der Waals surface area contributed by atoms with Crippen LogP contribution in [0.2, 0.25) is 0 Å². The molecule has 0 aliphatic carbocycles. The number of benzene rings is 1. The van der Waals surface area contributed by atoms with Crippen molar-refractivity contribution in [3.05, 3.63) is 35.6 Å². The number of nitrogens with zero attached hydrogens (tertiary/aromatic N) is 1. The minimum Gasteiger partial charge on any atom is -0.591 e. The zero-order valence-electron chi connectivity index (χ0n) is 10.3. The lowest BCUT2D eigenvalue weighted by atomic mass is 10.1. The average Bonchev–Trinajstić information content (AvgIpc) is 2.25. The van der Waals surface area contributed by atoms with Crippen molar-refractivity contribution in [2.24, 2.45) is 4.40 Å². The first kappa shape index (κ1) is 15.0. The summed E-state index contributed by atoms with van der Waals surface area (Å²) in [6, 6.07) is 4.54. The van der Waals surface area contributed by atoms with Crippen LogP contribution >= 0.6 is 0 Å². The lowest BCUT2D eigenvalue weighted by Crippen LogP contribution is -2.27. The molecule has 6 heteroatoms. The van der Waals surface area contributed by atoms with Gasteiger partial charge in [-0.25, -0.2) is 4.39 Å². The molecule has 1 aromatic rings. The summed E-state index contributed by atoms with van der Waals surface area (Å²) in [7, 11) is 0. The summed E-state index contributed by atoms with van der Waals surface area (Å²) in [4.78, 5) is 0. The van der Waals surface area contributed by atoms with Gasteiger partial charge in [-0.2, -0.15) is 8.78 Å². The maximum Gasteiger partial charge on any atom is 0.315 e. The normalized spacial score (nSPS) is 15.1. The topological polar surface area (TPSA) is 35.4 Å². The first-order valence-corrected chi connectivity index (χ1v) is 6.35. The molecule has 0 aliphatic heterocycles. The summed E-state index contributed by atoms with van der Waals surface area (Å²) in [5.74, 6) is -4.60. The van der Waals surface area contributed by atoms with Crippen LogP contribution in [0.5, 0.6) is 0 Å². The van der Waals surface area contributed by atoms with Crippen LogP contribution < -0.4 is 0 Å². The first-order chi connectivity index (χ1) is 8.14. The number of rotatable bonds is 3. The van der Waals surface area contributed by atoms with Crippen molar-refractivity contribution < 1.29 is 17.7 Å². The molecule has 0 saturated carbocycles. The summed E-state index contributed by atoms with van der Waals surface area (Å²) in [5.41, 5.74) is -0.778. The molecule has 0 fully saturated rings. The van der Waals surface area contributed by atoms with Gasteiger partial charge in [-0.1, -0.05) is 16.5 Å². The van der Waals surface area contributed by atoms with Crippen LogP contribution in [0.4, 0.5) is 13.2 Å². The van der Waals surface area contributed by atoms with E-state index in [1.54, 1.807) is 20.8 Å². The maximum atomic E-state index is 13.6. The highest BCUT2D eigenvalue weighted by Gasteiger charge is 2.35. The SMILES string of the molecule is CC(C)(C)[S+]([O-])N=CC(F)(F)c1ccccc1F. The molecular formula is C12H14F3NOS. The fourth-order valence-corrected chi connectivity index (χ4v) is 1.62. The molecule has 0 heterocycles. The predicted octanol–water partition coefficient (Wildman–Crippen LogP) is 3.45. The smallest absolute Gasteiger partial charge is 0.315 e. The molecule has 0 saturated heterocycles. The third-order valence-corrected chi connectivity index (χ3v) is 3.41. The summed E-state index contributed by atoms with van der Waals surface area (Å²) in [6.07, 6.45) is 0.243. The Hall–Kier alpha value is -1.01. The molecule has 0 amide bonds. The van der Waals surface area contributed by atoms with Crippen LogP contribution in [0.25, 0.3) is 0 Å². The molecule has 2 nitrogen and oxygen atoms in total. The van der Waals surface area contributed by atoms with E-state index in [-0.39, 0.29) is 6.21 Å². The summed E-state index contributed by atoms with van der Waals surface area (Å²) >= 11 is -1.80. The van der Waals surface area contributed by atoms with E-state index in [1.165, 1.54) is 12.1 Å². The van der Waals surface area contributed by atoms with Gasteiger partial charge >= 0.3 is 5.92 Å². The quantitative estimate of drug-likeness (QED) is 0.615. The molecule has 0 radical (unpaired) electrons. The van der Waals surface area contributed by atoms with Crippen molar-refractivity contribution in [3.8, 4) is 0 Å². The van der Waals surface area contributed by atoms with Gasteiger partial charge in [-0.05, 0) is 32.9 Å². The molecule has 0 aliphatic rings. The summed E-state index contributed by atoms with van der Waals surface area (Å²) in [6.45, 7) is 4.84. The summed E-state index contributed by atoms with van der Waals surface area (Å²) in [5, 5.41) is 0. The first-order valence-electron chi connectivity index (χ1n) is 5.24. The minimum atomic E-state index is -3.58. The van der Waals surface area contributed by atoms with Crippen LogP contribution in [-0.4, -0.2) is 15.5 Å². The Morgan fingerprint density at radius 3 is 2.28 bits per heavy atom. The van der Waals surface area contributed by atoms with Gasteiger partial charge in [0.2, 0.25) is 0 Å². The second-order valence-electron chi connectivity index (χ2n) is 4.70. The molecular weight excluding hydrogens is 263 g/mol. The van der Waals surface area contributed by atoms with E-state index in [2.05, 4.69) is 4.40 Å². The van der Waals surface area contributed by atoms with Gasteiger partial charge in [0.1, 0.15) is 28.1 Å². The highest BCUT2D eigenvalue weighted by Crippen LogP contribution is 2.29. The Bertz CT molecular complexity index is 443. The lowest BCUT2D eigenvalue weighted by Gasteiger charge is -2.19. The lowest BCUT2D eigenvalue weighted by molar-refractivity contribution is 0.0778. The molecule has 0 spiro atoms. The standard InChI is InChI=1S/C12H14F3NOS/c1-11(2,3)18(17)16-8-12(14,15)9-6-4-5-7-10(9)13/h4-8H,1-3H3. The van der Waals surface area contributed by atoms with E-state index < -0.39 is 33.4 Å². The van der Waals surface area contributed by atoms with Gasteiger partial charge < -0.3 is 4.55 Å². The van der Waals surface area contributed by atoms with E-state index in [4.69, 9.17) is 0 Å². The minimum absolute atomic E-state index is 0.243. The Kier molecular flexibility index (Phi) is 4.45. The molecule has 100 valence electrons. The number of hydrogen-bond donors (Lipinski definition) is 0. The van der Waals surface area contributed by atoms with Crippen molar-refractivity contribution in [2.45, 2.75) is 31.4 Å². The van der Waals surface area contributed by atoms with Crippen LogP contribution in [-0.2, 0) is 17.3 Å². The Labute approximate surface area is 107 Å². The Morgan fingerprint density at radius 1 is 1.22 bits per heavy atom. The predicted molar refractivity (Wildman–Crippen MR) is 66.7 cm³/mol. The fourth-order valence-electron chi connectivity index (χ4n) is 1.07. The van der Waals surface area contributed by atoms with E-state index in [0.717, 1.165) is 12.1 Å². The third kappa shape index (κ3) is 3.74. The highest BCUT2D eigenvalue weighted by molar-refractivity contribution is 7.91. The number of hydrogen-bond acceptors (Lipinski definition) is 2. The highest BCUT2D eigenvalue weighted by atomic mass is 32.2. The average molecular weight is 277 g/mol. The largest absolute Gasteiger partial charge is 0.591 e. The van der Waals surface area contributed by atoms with Crippen LogP contribution in [0, 0.1) is 5.82 Å². The summed E-state index contributed by atoms with van der Waals surface area (Å²) < 4.78 is 54.6. The molecule has 0 N–H and O–H groups in total. The molecule has 1 unspecified atom stereocenters. The van der Waals surface area contributed by atoms with Gasteiger partial charge in [0.15, 0.2) is 0 Å². The molecule has 0 aromatic heterocycles. The Balaban J connectivity index is 2.96. The maximum absolute atomic E-state index is 13.6. The van der Waals surface area contributed by atoms with Gasteiger partial charge in [0, 0.05) is 0 Å². The van der Waals surface area contributed by atoms with Crippen molar-refractivity contribution >= 4 is 17.6 Å². The van der Waals surface area contributed by atoms with Gasteiger partial charge in [-0.3, -0.25) is 0 Å². The Morgan fingerprint density at radius 2 is 1.78 bits per heavy atom. The van der Waals surface area contributed by atoms with E-state index in [1.807, 2.05) is 0 Å². The number of alkyl halides is 2. The molecule has 0 bridgehead atoms. The third-order valence-electron chi connectivity index (χ3n) is 2.07. The second-order valence-corrected chi connectivity index (χ2v) is 6.63. The van der Waals surface area contributed by atoms with E-state index >= 15 is 0 Å². The molecule has 1 aromatic carbocycles. The number of halogens is 3. The van der Waals surface area contributed by atoms with Crippen LogP contribution in [0.3, 0.4) is 0 Å². The van der Waals surface area contributed by atoms with Crippen molar-refractivity contribution in [1.29, 1.82) is 0 Å². The van der Waals surface area contributed by atoms with Gasteiger partial charge in [-0.15, -0.1) is 0 Å². The molecule has 18 heavy (non-hydrogen) atoms. The molecule has 1 rings (SSSR count). The van der Waals surface area contributed by atoms with E-state index in [0.29, 0.717) is 0 Å². The fraction of sp³-hybridized carbons (Fsp3) is 0.417. The van der Waals surface area contributed by atoms with Crippen molar-refractivity contribution in [3.63, 3.8) is 0 Å². The van der Waals surface area contributed by atoms with Crippen LogP contribution in [0.1, 0.15) is 26.3 Å². The van der Waals surface area contributed by atoms with E-state index in [9.17, 15) is 17.7 Å². The monoisotopic (exact) mass is 277 g/mol. The van der Waals surface area contributed by atoms with Crippen LogP contribution in [0.15, 0.2) is 28.7 Å². The van der Waals surface area contributed by atoms with Gasteiger partial charge in [0.05, 0.1) is 5.56 Å². The molecule has 1 atom stereocenters. The zero-order chi connectivity index (χ0) is 14.0.